The van der Waals surface area contributed by atoms with Crippen LogP contribution in [0.5, 0.6) is 5.75 Å². The molecule has 1 fully saturated rings. The van der Waals surface area contributed by atoms with E-state index in [2.05, 4.69) is 20.8 Å². The Kier molecular flexibility index (Phi) is 6.67. The first kappa shape index (κ1) is 19.9. The molecule has 1 heterocycles. The van der Waals surface area contributed by atoms with Crippen molar-refractivity contribution < 1.29 is 14.3 Å². The number of hydrogen-bond donors (Lipinski definition) is 2. The molecule has 0 aromatic heterocycles. The molecule has 1 aliphatic rings. The zero-order valence-electron chi connectivity index (χ0n) is 14.9. The van der Waals surface area contributed by atoms with Crippen molar-refractivity contribution in [3.8, 4) is 5.75 Å². The van der Waals surface area contributed by atoms with Crippen LogP contribution in [0.1, 0.15) is 12.0 Å². The summed E-state index contributed by atoms with van der Waals surface area (Å²) < 4.78 is 5.07. The maximum Gasteiger partial charge on any atom is 0.240 e. The number of hydrogen-bond acceptors (Lipinski definition) is 6. The summed E-state index contributed by atoms with van der Waals surface area (Å²) in [5, 5.41) is 13.8. The molecule has 1 aliphatic heterocycles. The van der Waals surface area contributed by atoms with Gasteiger partial charge in [0, 0.05) is 17.1 Å². The zero-order valence-corrected chi connectivity index (χ0v) is 16.5. The Bertz CT molecular complexity index is 914. The topological polar surface area (TPSA) is 92.2 Å². The molecular weight excluding hydrogens is 400 g/mol. The van der Waals surface area contributed by atoms with Gasteiger partial charge in [-0.1, -0.05) is 35.5 Å². The van der Waals surface area contributed by atoms with E-state index in [0.717, 1.165) is 5.56 Å². The van der Waals surface area contributed by atoms with Crippen LogP contribution in [0.25, 0.3) is 0 Å². The molecule has 0 saturated carbocycles. The molecule has 1 saturated heterocycles. The minimum absolute atomic E-state index is 0.0302. The molecule has 2 N–H and O–H groups in total. The van der Waals surface area contributed by atoms with Crippen molar-refractivity contribution in [3.05, 3.63) is 59.1 Å². The highest BCUT2D eigenvalue weighted by atomic mass is 35.5. The number of methoxy groups -OCH3 is 1. The Hall–Kier alpha value is -2.84. The summed E-state index contributed by atoms with van der Waals surface area (Å²) in [5.74, 6) is 0.169. The van der Waals surface area contributed by atoms with Gasteiger partial charge >= 0.3 is 0 Å². The summed E-state index contributed by atoms with van der Waals surface area (Å²) in [5.41, 5.74) is 1.47. The summed E-state index contributed by atoms with van der Waals surface area (Å²) in [6.07, 6.45) is 1.59. The number of nitrogens with zero attached hydrogens (tertiary/aromatic N) is 2. The fourth-order valence-corrected chi connectivity index (χ4v) is 3.39. The van der Waals surface area contributed by atoms with E-state index < -0.39 is 5.25 Å². The van der Waals surface area contributed by atoms with Gasteiger partial charge in [0.25, 0.3) is 0 Å². The van der Waals surface area contributed by atoms with Gasteiger partial charge in [0.05, 0.1) is 13.3 Å². The van der Waals surface area contributed by atoms with Crippen LogP contribution in [0, 0.1) is 0 Å². The predicted molar refractivity (Wildman–Crippen MR) is 112 cm³/mol. The summed E-state index contributed by atoms with van der Waals surface area (Å²) in [6, 6.07) is 14.1. The average Bonchev–Trinajstić information content (AvgIpc) is 3.03. The molecular formula is C19H17ClN4O3S. The first-order valence-electron chi connectivity index (χ1n) is 8.31. The summed E-state index contributed by atoms with van der Waals surface area (Å²) >= 11 is 7.00. The lowest BCUT2D eigenvalue weighted by molar-refractivity contribution is -0.122. The number of halogens is 1. The van der Waals surface area contributed by atoms with Crippen LogP contribution in [-0.2, 0) is 9.59 Å². The number of thioether (sulfide) groups is 1. The van der Waals surface area contributed by atoms with Crippen LogP contribution in [0.3, 0.4) is 0 Å². The molecule has 0 bridgehead atoms. The third kappa shape index (κ3) is 5.58. The van der Waals surface area contributed by atoms with Gasteiger partial charge in [-0.2, -0.15) is 5.10 Å². The second-order valence-corrected chi connectivity index (χ2v) is 7.41. The highest BCUT2D eigenvalue weighted by Gasteiger charge is 2.32. The number of benzene rings is 2. The molecule has 144 valence electrons. The average molecular weight is 417 g/mol. The number of amidine groups is 1. The van der Waals surface area contributed by atoms with E-state index in [1.807, 2.05) is 0 Å². The number of anilines is 1. The maximum absolute atomic E-state index is 12.2. The largest absolute Gasteiger partial charge is 0.497 e. The third-order valence-electron chi connectivity index (χ3n) is 3.75. The molecule has 0 spiro atoms. The van der Waals surface area contributed by atoms with Crippen LogP contribution in [0.15, 0.2) is 58.7 Å². The van der Waals surface area contributed by atoms with Gasteiger partial charge in [0.2, 0.25) is 11.8 Å². The number of ether oxygens (including phenoxy) is 1. The lowest BCUT2D eigenvalue weighted by atomic mass is 10.2. The van der Waals surface area contributed by atoms with E-state index in [1.165, 1.54) is 11.8 Å². The monoisotopic (exact) mass is 416 g/mol. The van der Waals surface area contributed by atoms with Gasteiger partial charge in [-0.3, -0.25) is 9.59 Å². The Morgan fingerprint density at radius 2 is 1.96 bits per heavy atom. The lowest BCUT2D eigenvalue weighted by Crippen LogP contribution is -2.28. The van der Waals surface area contributed by atoms with Gasteiger partial charge in [0.15, 0.2) is 5.17 Å². The quantitative estimate of drug-likeness (QED) is 0.558. The highest BCUT2D eigenvalue weighted by molar-refractivity contribution is 8.15. The number of carbonyl (C=O) groups is 2. The summed E-state index contributed by atoms with van der Waals surface area (Å²) in [6.45, 7) is 0. The van der Waals surface area contributed by atoms with Crippen molar-refractivity contribution in [2.24, 2.45) is 10.2 Å². The molecule has 2 aromatic carbocycles. The molecule has 0 aliphatic carbocycles. The van der Waals surface area contributed by atoms with Gasteiger partial charge in [-0.25, -0.2) is 0 Å². The van der Waals surface area contributed by atoms with Gasteiger partial charge < -0.3 is 15.4 Å². The molecule has 2 amide bonds. The Morgan fingerprint density at radius 3 is 2.64 bits per heavy atom. The van der Waals surface area contributed by atoms with E-state index in [4.69, 9.17) is 16.3 Å². The molecule has 2 aromatic rings. The minimum Gasteiger partial charge on any atom is -0.497 e. The van der Waals surface area contributed by atoms with E-state index >= 15 is 0 Å². The molecule has 0 unspecified atom stereocenters. The predicted octanol–water partition coefficient (Wildman–Crippen LogP) is 3.30. The first-order chi connectivity index (χ1) is 13.5. The van der Waals surface area contributed by atoms with Crippen molar-refractivity contribution in [2.75, 3.05) is 12.4 Å². The van der Waals surface area contributed by atoms with Crippen molar-refractivity contribution in [1.82, 2.24) is 5.32 Å². The Balaban J connectivity index is 1.53. The smallest absolute Gasteiger partial charge is 0.240 e. The number of amides is 2. The molecule has 28 heavy (non-hydrogen) atoms. The lowest BCUT2D eigenvalue weighted by Gasteiger charge is -2.08. The van der Waals surface area contributed by atoms with Crippen LogP contribution >= 0.6 is 23.4 Å². The summed E-state index contributed by atoms with van der Waals surface area (Å²) in [7, 11) is 1.57. The zero-order chi connectivity index (χ0) is 19.9. The Labute approximate surface area is 171 Å². The molecule has 0 radical (unpaired) electrons. The van der Waals surface area contributed by atoms with Crippen LogP contribution < -0.4 is 15.4 Å². The van der Waals surface area contributed by atoms with Crippen molar-refractivity contribution in [1.29, 1.82) is 0 Å². The normalized spacial score (nSPS) is 17.7. The molecule has 3 rings (SSSR count). The van der Waals surface area contributed by atoms with Gasteiger partial charge in [-0.15, -0.1) is 5.10 Å². The second-order valence-electron chi connectivity index (χ2n) is 5.78. The summed E-state index contributed by atoms with van der Waals surface area (Å²) in [4.78, 5) is 24.2. The van der Waals surface area contributed by atoms with Crippen LogP contribution in [0.4, 0.5) is 5.69 Å². The molecule has 7 nitrogen and oxygen atoms in total. The van der Waals surface area contributed by atoms with Crippen LogP contribution in [-0.4, -0.2) is 35.6 Å². The first-order valence-corrected chi connectivity index (χ1v) is 9.57. The highest BCUT2D eigenvalue weighted by Crippen LogP contribution is 2.23. The fourth-order valence-electron chi connectivity index (χ4n) is 2.34. The van der Waals surface area contributed by atoms with Crippen molar-refractivity contribution in [3.63, 3.8) is 0 Å². The third-order valence-corrected chi connectivity index (χ3v) is 5.07. The number of rotatable bonds is 6. The van der Waals surface area contributed by atoms with Crippen molar-refractivity contribution >= 4 is 52.2 Å². The van der Waals surface area contributed by atoms with Gasteiger partial charge in [-0.05, 0) is 42.0 Å². The van der Waals surface area contributed by atoms with E-state index in [1.54, 1.807) is 61.9 Å². The SMILES string of the molecule is COc1ccc(NC(=O)C[C@@H]2S/C(=N/N=C\c3ccc(Cl)cc3)NC2=O)cc1. The van der Waals surface area contributed by atoms with E-state index in [9.17, 15) is 9.59 Å². The Morgan fingerprint density at radius 1 is 1.25 bits per heavy atom. The fraction of sp³-hybridized carbons (Fsp3) is 0.158. The minimum atomic E-state index is -0.553. The number of nitrogens with one attached hydrogen (secondary N) is 2. The molecule has 9 heteroatoms. The van der Waals surface area contributed by atoms with Crippen molar-refractivity contribution in [2.45, 2.75) is 11.7 Å². The van der Waals surface area contributed by atoms with E-state index in [0.29, 0.717) is 21.6 Å². The van der Waals surface area contributed by atoms with E-state index in [-0.39, 0.29) is 18.2 Å². The van der Waals surface area contributed by atoms with Gasteiger partial charge in [0.1, 0.15) is 11.0 Å². The maximum atomic E-state index is 12.2. The standard InChI is InChI=1S/C19H17ClN4O3S/c1-27-15-8-6-14(7-9-15)22-17(25)10-16-18(26)23-19(28-16)24-21-11-12-2-4-13(20)5-3-12/h2-9,11,16H,10H2,1H3,(H,22,25)(H,23,24,26)/b21-11-/t16-/m0/s1. The molecule has 1 atom stereocenters. The number of carbonyl (C=O) groups excluding carboxylic acids is 2. The second kappa shape index (κ2) is 9.38. The van der Waals surface area contributed by atoms with Crippen LogP contribution in [0.2, 0.25) is 5.02 Å².